The first-order chi connectivity index (χ1) is 8.38. The average molecular weight is 346 g/mol. The first-order valence-corrected chi connectivity index (χ1v) is 8.29. The van der Waals surface area contributed by atoms with Gasteiger partial charge in [0.2, 0.25) is 0 Å². The van der Waals surface area contributed by atoms with E-state index in [-0.39, 0.29) is 5.41 Å². The number of aliphatic hydroxyl groups is 1. The molecule has 0 saturated carbocycles. The standard InChI is InChI=1S/C13H16BrNOS2/c1-13(2,3)12-15-9(7-18-12)10(16)6-11-8(14)4-5-17-11/h4-5,7,10,16H,6H2,1-3H3. The first kappa shape index (κ1) is 14.2. The third-order valence-electron chi connectivity index (χ3n) is 2.57. The minimum absolute atomic E-state index is 0.0478. The van der Waals surface area contributed by atoms with E-state index in [0.717, 1.165) is 20.1 Å². The Morgan fingerprint density at radius 3 is 2.61 bits per heavy atom. The molecule has 98 valence electrons. The van der Waals surface area contributed by atoms with E-state index < -0.39 is 6.10 Å². The van der Waals surface area contributed by atoms with Gasteiger partial charge < -0.3 is 5.11 Å². The van der Waals surface area contributed by atoms with E-state index in [0.29, 0.717) is 6.42 Å². The second-order valence-electron chi connectivity index (χ2n) is 5.24. The molecule has 18 heavy (non-hydrogen) atoms. The maximum absolute atomic E-state index is 10.2. The van der Waals surface area contributed by atoms with Crippen molar-refractivity contribution < 1.29 is 5.11 Å². The molecule has 0 aromatic carbocycles. The third kappa shape index (κ3) is 3.20. The highest BCUT2D eigenvalue weighted by molar-refractivity contribution is 9.10. The van der Waals surface area contributed by atoms with Crippen molar-refractivity contribution in [3.05, 3.63) is 36.9 Å². The van der Waals surface area contributed by atoms with Gasteiger partial charge in [0.05, 0.1) is 10.7 Å². The van der Waals surface area contributed by atoms with E-state index >= 15 is 0 Å². The van der Waals surface area contributed by atoms with Crippen LogP contribution in [0.2, 0.25) is 0 Å². The molecule has 0 spiro atoms. The minimum Gasteiger partial charge on any atom is -0.386 e. The van der Waals surface area contributed by atoms with Crippen molar-refractivity contribution in [1.29, 1.82) is 0 Å². The Morgan fingerprint density at radius 2 is 2.11 bits per heavy atom. The monoisotopic (exact) mass is 345 g/mol. The number of halogens is 1. The zero-order chi connectivity index (χ0) is 13.3. The van der Waals surface area contributed by atoms with Gasteiger partial charge in [-0.15, -0.1) is 22.7 Å². The molecule has 0 saturated heterocycles. The van der Waals surface area contributed by atoms with E-state index in [9.17, 15) is 5.11 Å². The molecule has 2 rings (SSSR count). The molecule has 2 nitrogen and oxygen atoms in total. The van der Waals surface area contributed by atoms with Gasteiger partial charge in [-0.2, -0.15) is 0 Å². The highest BCUT2D eigenvalue weighted by atomic mass is 79.9. The van der Waals surface area contributed by atoms with Crippen molar-refractivity contribution in [3.8, 4) is 0 Å². The minimum atomic E-state index is -0.521. The van der Waals surface area contributed by atoms with E-state index in [2.05, 4.69) is 41.7 Å². The molecular formula is C13H16BrNOS2. The van der Waals surface area contributed by atoms with Gasteiger partial charge in [0.1, 0.15) is 6.10 Å². The van der Waals surface area contributed by atoms with Gasteiger partial charge in [-0.3, -0.25) is 0 Å². The van der Waals surface area contributed by atoms with Gasteiger partial charge in [0, 0.05) is 26.6 Å². The zero-order valence-electron chi connectivity index (χ0n) is 10.6. The highest BCUT2D eigenvalue weighted by Crippen LogP contribution is 2.31. The highest BCUT2D eigenvalue weighted by Gasteiger charge is 2.21. The van der Waals surface area contributed by atoms with Crippen LogP contribution in [0.25, 0.3) is 0 Å². The summed E-state index contributed by atoms with van der Waals surface area (Å²) in [4.78, 5) is 5.71. The van der Waals surface area contributed by atoms with E-state index in [1.807, 2.05) is 16.8 Å². The summed E-state index contributed by atoms with van der Waals surface area (Å²) in [5.74, 6) is 0. The first-order valence-electron chi connectivity index (χ1n) is 5.74. The molecule has 0 bridgehead atoms. The van der Waals surface area contributed by atoms with E-state index in [4.69, 9.17) is 0 Å². The van der Waals surface area contributed by atoms with Crippen LogP contribution in [0.1, 0.15) is 42.5 Å². The number of nitrogens with zero attached hydrogens (tertiary/aromatic N) is 1. The number of thiazole rings is 1. The molecule has 0 radical (unpaired) electrons. The smallest absolute Gasteiger partial charge is 0.102 e. The predicted octanol–water partition coefficient (Wildman–Crippen LogP) is 4.54. The maximum Gasteiger partial charge on any atom is 0.102 e. The Kier molecular flexibility index (Phi) is 4.26. The molecule has 5 heteroatoms. The fourth-order valence-electron chi connectivity index (χ4n) is 1.53. The number of thiophene rings is 1. The molecule has 0 fully saturated rings. The maximum atomic E-state index is 10.2. The molecule has 0 aliphatic rings. The molecule has 0 aliphatic heterocycles. The SMILES string of the molecule is CC(C)(C)c1nc(C(O)Cc2sccc2Br)cs1. The molecule has 2 heterocycles. The Hall–Kier alpha value is -0.230. The summed E-state index contributed by atoms with van der Waals surface area (Å²) in [5.41, 5.74) is 0.830. The molecule has 0 aliphatic carbocycles. The number of rotatable bonds is 3. The van der Waals surface area contributed by atoms with Crippen LogP contribution in [-0.4, -0.2) is 10.1 Å². The van der Waals surface area contributed by atoms with Gasteiger partial charge in [0.25, 0.3) is 0 Å². The molecule has 1 N–H and O–H groups in total. The van der Waals surface area contributed by atoms with Crippen molar-refractivity contribution in [3.63, 3.8) is 0 Å². The number of hydrogen-bond donors (Lipinski definition) is 1. The van der Waals surface area contributed by atoms with Crippen LogP contribution in [0.15, 0.2) is 21.3 Å². The van der Waals surface area contributed by atoms with Crippen LogP contribution in [0.5, 0.6) is 0 Å². The lowest BCUT2D eigenvalue weighted by atomic mass is 9.98. The molecule has 0 amide bonds. The molecular weight excluding hydrogens is 330 g/mol. The third-order valence-corrected chi connectivity index (χ3v) is 5.81. The summed E-state index contributed by atoms with van der Waals surface area (Å²) in [6, 6.07) is 2.01. The van der Waals surface area contributed by atoms with Gasteiger partial charge in [0.15, 0.2) is 0 Å². The topological polar surface area (TPSA) is 33.1 Å². The normalized spacial score (nSPS) is 13.8. The largest absolute Gasteiger partial charge is 0.386 e. The summed E-state index contributed by atoms with van der Waals surface area (Å²) < 4.78 is 1.07. The second kappa shape index (κ2) is 5.41. The summed E-state index contributed by atoms with van der Waals surface area (Å²) in [5, 5.41) is 15.3. The van der Waals surface area contributed by atoms with Gasteiger partial charge in [-0.05, 0) is 27.4 Å². The van der Waals surface area contributed by atoms with Crippen LogP contribution in [0.3, 0.4) is 0 Å². The number of aromatic nitrogens is 1. The van der Waals surface area contributed by atoms with Crippen molar-refractivity contribution in [2.75, 3.05) is 0 Å². The van der Waals surface area contributed by atoms with Crippen molar-refractivity contribution in [2.45, 2.75) is 38.7 Å². The summed E-state index contributed by atoms with van der Waals surface area (Å²) in [6.45, 7) is 6.41. The lowest BCUT2D eigenvalue weighted by Crippen LogP contribution is -2.11. The summed E-state index contributed by atoms with van der Waals surface area (Å²) >= 11 is 6.76. The van der Waals surface area contributed by atoms with Gasteiger partial charge >= 0.3 is 0 Å². The number of hydrogen-bond acceptors (Lipinski definition) is 4. The molecule has 2 aromatic heterocycles. The lowest BCUT2D eigenvalue weighted by molar-refractivity contribution is 0.174. The number of aliphatic hydroxyl groups excluding tert-OH is 1. The Bertz CT molecular complexity index is 527. The van der Waals surface area contributed by atoms with Crippen LogP contribution < -0.4 is 0 Å². The fourth-order valence-corrected chi connectivity index (χ4v) is 4.04. The van der Waals surface area contributed by atoms with Crippen LogP contribution >= 0.6 is 38.6 Å². The summed E-state index contributed by atoms with van der Waals surface area (Å²) in [7, 11) is 0. The molecule has 1 atom stereocenters. The Morgan fingerprint density at radius 1 is 1.39 bits per heavy atom. The van der Waals surface area contributed by atoms with Crippen molar-refractivity contribution >= 4 is 38.6 Å². The predicted molar refractivity (Wildman–Crippen MR) is 81.5 cm³/mol. The van der Waals surface area contributed by atoms with Crippen molar-refractivity contribution in [2.24, 2.45) is 0 Å². The van der Waals surface area contributed by atoms with E-state index in [1.165, 1.54) is 0 Å². The fraction of sp³-hybridized carbons (Fsp3) is 0.462. The lowest BCUT2D eigenvalue weighted by Gasteiger charge is -2.14. The van der Waals surface area contributed by atoms with E-state index in [1.54, 1.807) is 22.7 Å². The van der Waals surface area contributed by atoms with Crippen LogP contribution in [-0.2, 0) is 11.8 Å². The van der Waals surface area contributed by atoms with Gasteiger partial charge in [-0.1, -0.05) is 20.8 Å². The van der Waals surface area contributed by atoms with Gasteiger partial charge in [-0.25, -0.2) is 4.98 Å². The molecule has 1 unspecified atom stereocenters. The van der Waals surface area contributed by atoms with Crippen molar-refractivity contribution in [1.82, 2.24) is 4.98 Å². The zero-order valence-corrected chi connectivity index (χ0v) is 13.8. The summed E-state index contributed by atoms with van der Waals surface area (Å²) in [6.07, 6.45) is 0.0956. The second-order valence-corrected chi connectivity index (χ2v) is 7.95. The average Bonchev–Trinajstić information content (AvgIpc) is 2.87. The van der Waals surface area contributed by atoms with Crippen LogP contribution in [0, 0.1) is 0 Å². The van der Waals surface area contributed by atoms with Crippen LogP contribution in [0.4, 0.5) is 0 Å². The Balaban J connectivity index is 2.12. The quantitative estimate of drug-likeness (QED) is 0.885. The Labute approximate surface area is 124 Å². The molecule has 2 aromatic rings.